The smallest absolute Gasteiger partial charge is 0.243 e. The molecule has 0 aromatic heterocycles. The molecule has 1 N–H and O–H groups in total. The summed E-state index contributed by atoms with van der Waals surface area (Å²) in [6.45, 7) is 2.88. The minimum atomic E-state index is -0.0839. The fourth-order valence-corrected chi connectivity index (χ4v) is 3.15. The lowest BCUT2D eigenvalue weighted by atomic mass is 10.0. The van der Waals surface area contributed by atoms with Crippen LogP contribution in [0.4, 0.5) is 0 Å². The van der Waals surface area contributed by atoms with Gasteiger partial charge in [0.05, 0.1) is 12.3 Å². The van der Waals surface area contributed by atoms with E-state index in [0.29, 0.717) is 31.0 Å². The highest BCUT2D eigenvalue weighted by atomic mass is 35.5. The van der Waals surface area contributed by atoms with Crippen LogP contribution in [0.15, 0.2) is 53.6 Å². The van der Waals surface area contributed by atoms with Gasteiger partial charge in [0, 0.05) is 30.8 Å². The van der Waals surface area contributed by atoms with Crippen molar-refractivity contribution in [3.8, 4) is 0 Å². The maximum Gasteiger partial charge on any atom is 0.243 e. The van der Waals surface area contributed by atoms with Gasteiger partial charge in [0.15, 0.2) is 0 Å². The second-order valence-corrected chi connectivity index (χ2v) is 7.34. The Kier molecular flexibility index (Phi) is 6.82. The minimum Gasteiger partial charge on any atom is -0.356 e. The molecule has 1 aliphatic heterocycles. The quantitative estimate of drug-likeness (QED) is 0.773. The van der Waals surface area contributed by atoms with Crippen molar-refractivity contribution in [2.45, 2.75) is 32.6 Å². The van der Waals surface area contributed by atoms with Crippen LogP contribution in [-0.2, 0) is 16.0 Å². The molecule has 2 aromatic rings. The molecule has 6 heteroatoms. The van der Waals surface area contributed by atoms with Crippen LogP contribution < -0.4 is 5.32 Å². The van der Waals surface area contributed by atoms with Crippen molar-refractivity contribution in [1.82, 2.24) is 10.3 Å². The number of hydrazone groups is 1. The second-order valence-electron chi connectivity index (χ2n) is 6.91. The molecule has 28 heavy (non-hydrogen) atoms. The van der Waals surface area contributed by atoms with Gasteiger partial charge in [-0.15, -0.1) is 0 Å². The van der Waals surface area contributed by atoms with Gasteiger partial charge in [0.1, 0.15) is 0 Å². The van der Waals surface area contributed by atoms with Crippen molar-refractivity contribution in [1.29, 1.82) is 0 Å². The second kappa shape index (κ2) is 9.51. The fourth-order valence-electron chi connectivity index (χ4n) is 3.02. The molecule has 0 saturated heterocycles. The summed E-state index contributed by atoms with van der Waals surface area (Å²) in [5, 5.41) is 9.50. The predicted molar refractivity (Wildman–Crippen MR) is 111 cm³/mol. The summed E-state index contributed by atoms with van der Waals surface area (Å²) >= 11 is 5.87. The van der Waals surface area contributed by atoms with Gasteiger partial charge in [-0.25, -0.2) is 5.01 Å². The van der Waals surface area contributed by atoms with Crippen LogP contribution in [0, 0.1) is 6.92 Å². The van der Waals surface area contributed by atoms with Gasteiger partial charge in [-0.3, -0.25) is 9.59 Å². The van der Waals surface area contributed by atoms with Crippen molar-refractivity contribution in [3.05, 3.63) is 70.2 Å². The Morgan fingerprint density at radius 1 is 1.11 bits per heavy atom. The number of nitrogens with zero attached hydrogens (tertiary/aromatic N) is 2. The zero-order valence-corrected chi connectivity index (χ0v) is 16.7. The molecule has 1 aliphatic rings. The van der Waals surface area contributed by atoms with E-state index >= 15 is 0 Å². The molecule has 1 heterocycles. The van der Waals surface area contributed by atoms with E-state index in [1.165, 1.54) is 10.6 Å². The number of carbonyl (C=O) groups is 2. The summed E-state index contributed by atoms with van der Waals surface area (Å²) in [4.78, 5) is 24.2. The summed E-state index contributed by atoms with van der Waals surface area (Å²) in [5.74, 6) is -0.121. The van der Waals surface area contributed by atoms with E-state index in [2.05, 4.69) is 10.4 Å². The summed E-state index contributed by atoms with van der Waals surface area (Å²) in [5.41, 5.74) is 4.21. The number of hydrogen-bond donors (Lipinski definition) is 1. The Bertz CT molecular complexity index is 860. The van der Waals surface area contributed by atoms with Gasteiger partial charge in [-0.2, -0.15) is 5.10 Å². The number of benzene rings is 2. The van der Waals surface area contributed by atoms with Crippen LogP contribution in [0.25, 0.3) is 0 Å². The first-order valence-corrected chi connectivity index (χ1v) is 9.85. The Morgan fingerprint density at radius 2 is 1.82 bits per heavy atom. The maximum absolute atomic E-state index is 12.1. The van der Waals surface area contributed by atoms with E-state index in [0.717, 1.165) is 23.3 Å². The molecule has 0 saturated carbocycles. The number of nitrogens with one attached hydrogen (secondary N) is 1. The molecule has 0 atom stereocenters. The van der Waals surface area contributed by atoms with Crippen LogP contribution in [0.3, 0.4) is 0 Å². The monoisotopic (exact) mass is 397 g/mol. The molecule has 0 bridgehead atoms. The van der Waals surface area contributed by atoms with Crippen LogP contribution in [0.1, 0.15) is 36.0 Å². The summed E-state index contributed by atoms with van der Waals surface area (Å²) in [7, 11) is 0. The summed E-state index contributed by atoms with van der Waals surface area (Å²) < 4.78 is 0. The van der Waals surface area contributed by atoms with E-state index < -0.39 is 0 Å². The number of aryl methyl sites for hydroxylation is 1. The minimum absolute atomic E-state index is 0.0372. The SMILES string of the molecule is Cc1ccc(C2=NN(CCC(=O)NCCc3ccc(Cl)cc3)C(=O)CC2)cc1. The first-order chi connectivity index (χ1) is 13.5. The highest BCUT2D eigenvalue weighted by Crippen LogP contribution is 2.16. The molecule has 5 nitrogen and oxygen atoms in total. The standard InChI is InChI=1S/C22H24ClN3O2/c1-16-2-6-18(7-3-16)20-10-11-22(28)26(25-20)15-13-21(27)24-14-12-17-4-8-19(23)9-5-17/h2-9H,10-15H2,1H3,(H,24,27). The zero-order chi connectivity index (χ0) is 19.9. The third-order valence-electron chi connectivity index (χ3n) is 4.69. The molecular weight excluding hydrogens is 374 g/mol. The third-order valence-corrected chi connectivity index (χ3v) is 4.94. The number of amides is 2. The van der Waals surface area contributed by atoms with E-state index in [-0.39, 0.29) is 18.2 Å². The zero-order valence-electron chi connectivity index (χ0n) is 16.0. The maximum atomic E-state index is 12.1. The van der Waals surface area contributed by atoms with Crippen molar-refractivity contribution < 1.29 is 9.59 Å². The van der Waals surface area contributed by atoms with E-state index in [1.54, 1.807) is 0 Å². The predicted octanol–water partition coefficient (Wildman–Crippen LogP) is 3.72. The molecule has 146 valence electrons. The number of rotatable bonds is 7. The molecule has 0 aliphatic carbocycles. The lowest BCUT2D eigenvalue weighted by Crippen LogP contribution is -2.35. The Hall–Kier alpha value is -2.66. The average Bonchev–Trinajstić information content (AvgIpc) is 2.69. The average molecular weight is 398 g/mol. The van der Waals surface area contributed by atoms with Gasteiger partial charge in [-0.05, 0) is 36.6 Å². The van der Waals surface area contributed by atoms with E-state index in [9.17, 15) is 9.59 Å². The Labute approximate surface area is 170 Å². The molecule has 0 fully saturated rings. The van der Waals surface area contributed by atoms with E-state index in [1.807, 2.05) is 55.5 Å². The molecule has 3 rings (SSSR count). The number of carbonyl (C=O) groups excluding carboxylic acids is 2. The van der Waals surface area contributed by atoms with Gasteiger partial charge < -0.3 is 5.32 Å². The number of halogens is 1. The summed E-state index contributed by atoms with van der Waals surface area (Å²) in [6.07, 6.45) is 2.02. The van der Waals surface area contributed by atoms with Gasteiger partial charge in [0.2, 0.25) is 11.8 Å². The van der Waals surface area contributed by atoms with Crippen LogP contribution in [0.5, 0.6) is 0 Å². The first-order valence-electron chi connectivity index (χ1n) is 9.47. The molecule has 0 spiro atoms. The lowest BCUT2D eigenvalue weighted by molar-refractivity contribution is -0.132. The van der Waals surface area contributed by atoms with Gasteiger partial charge >= 0.3 is 0 Å². The lowest BCUT2D eigenvalue weighted by Gasteiger charge is -2.23. The molecular formula is C22H24ClN3O2. The fraction of sp³-hybridized carbons (Fsp3) is 0.318. The van der Waals surface area contributed by atoms with Crippen molar-refractivity contribution in [2.75, 3.05) is 13.1 Å². The molecule has 2 aromatic carbocycles. The van der Waals surface area contributed by atoms with E-state index in [4.69, 9.17) is 11.6 Å². The third kappa shape index (κ3) is 5.67. The van der Waals surface area contributed by atoms with Crippen LogP contribution >= 0.6 is 11.6 Å². The largest absolute Gasteiger partial charge is 0.356 e. The molecule has 2 amide bonds. The first kappa shape index (κ1) is 20.1. The Balaban J connectivity index is 1.48. The normalized spacial score (nSPS) is 14.0. The van der Waals surface area contributed by atoms with Crippen molar-refractivity contribution >= 4 is 29.1 Å². The van der Waals surface area contributed by atoms with Gasteiger partial charge in [0.25, 0.3) is 0 Å². The Morgan fingerprint density at radius 3 is 2.54 bits per heavy atom. The molecule has 0 unspecified atom stereocenters. The highest BCUT2D eigenvalue weighted by molar-refractivity contribution is 6.30. The van der Waals surface area contributed by atoms with Gasteiger partial charge in [-0.1, -0.05) is 53.6 Å². The van der Waals surface area contributed by atoms with Crippen LogP contribution in [0.2, 0.25) is 5.02 Å². The molecule has 0 radical (unpaired) electrons. The number of hydrogen-bond acceptors (Lipinski definition) is 3. The van der Waals surface area contributed by atoms with Crippen molar-refractivity contribution in [2.24, 2.45) is 5.10 Å². The van der Waals surface area contributed by atoms with Crippen LogP contribution in [-0.4, -0.2) is 35.6 Å². The summed E-state index contributed by atoms with van der Waals surface area (Å²) in [6, 6.07) is 15.7. The topological polar surface area (TPSA) is 61.8 Å². The van der Waals surface area contributed by atoms with Crippen molar-refractivity contribution in [3.63, 3.8) is 0 Å². The highest BCUT2D eigenvalue weighted by Gasteiger charge is 2.21.